The normalized spacial score (nSPS) is 17.0. The van der Waals surface area contributed by atoms with Gasteiger partial charge in [0.25, 0.3) is 0 Å². The van der Waals surface area contributed by atoms with E-state index in [2.05, 4.69) is 22.6 Å². The zero-order valence-corrected chi connectivity index (χ0v) is 9.88. The Hall–Kier alpha value is -0.770. The fraction of sp³-hybridized carbons (Fsp3) is 0.909. The van der Waals surface area contributed by atoms with Gasteiger partial charge in [0.1, 0.15) is 0 Å². The van der Waals surface area contributed by atoms with E-state index in [1.165, 1.54) is 25.7 Å². The monoisotopic (exact) mass is 213 g/mol. The van der Waals surface area contributed by atoms with Gasteiger partial charge in [-0.3, -0.25) is 0 Å². The first-order valence-corrected chi connectivity index (χ1v) is 5.96. The lowest BCUT2D eigenvalue weighted by Crippen LogP contribution is -2.41. The summed E-state index contributed by atoms with van der Waals surface area (Å²) in [4.78, 5) is 13.5. The van der Waals surface area contributed by atoms with Gasteiger partial charge in [-0.15, -0.1) is 0 Å². The predicted octanol–water partition coefficient (Wildman–Crippen LogP) is 1.18. The quantitative estimate of drug-likeness (QED) is 0.720. The second-order valence-corrected chi connectivity index (χ2v) is 4.21. The maximum atomic E-state index is 11.1. The van der Waals surface area contributed by atoms with E-state index in [1.54, 1.807) is 0 Å². The van der Waals surface area contributed by atoms with E-state index in [9.17, 15) is 4.79 Å². The molecule has 1 saturated carbocycles. The van der Waals surface area contributed by atoms with Gasteiger partial charge in [0.15, 0.2) is 0 Å². The molecule has 88 valence electrons. The van der Waals surface area contributed by atoms with Crippen molar-refractivity contribution in [3.63, 3.8) is 0 Å². The average molecular weight is 213 g/mol. The van der Waals surface area contributed by atoms with Crippen LogP contribution in [-0.4, -0.2) is 43.7 Å². The average Bonchev–Trinajstić information content (AvgIpc) is 2.70. The molecule has 0 bridgehead atoms. The minimum absolute atomic E-state index is 0.0580. The van der Waals surface area contributed by atoms with Crippen molar-refractivity contribution >= 4 is 6.03 Å². The molecule has 15 heavy (non-hydrogen) atoms. The minimum Gasteiger partial charge on any atom is -0.338 e. The van der Waals surface area contributed by atoms with Crippen LogP contribution in [-0.2, 0) is 0 Å². The highest BCUT2D eigenvalue weighted by Crippen LogP contribution is 2.21. The van der Waals surface area contributed by atoms with Crippen LogP contribution in [0.1, 0.15) is 32.6 Å². The van der Waals surface area contributed by atoms with E-state index in [4.69, 9.17) is 0 Å². The Bertz CT molecular complexity index is 190. The van der Waals surface area contributed by atoms with Gasteiger partial charge in [-0.05, 0) is 26.8 Å². The highest BCUT2D eigenvalue weighted by atomic mass is 16.2. The molecule has 0 aliphatic heterocycles. The fourth-order valence-corrected chi connectivity index (χ4v) is 2.10. The molecule has 0 aromatic heterocycles. The van der Waals surface area contributed by atoms with Crippen LogP contribution in [0.25, 0.3) is 0 Å². The Labute approximate surface area is 92.4 Å². The van der Waals surface area contributed by atoms with Gasteiger partial charge in [0, 0.05) is 25.7 Å². The summed E-state index contributed by atoms with van der Waals surface area (Å²) in [5.74, 6) is 0. The first-order valence-electron chi connectivity index (χ1n) is 5.96. The zero-order valence-electron chi connectivity index (χ0n) is 9.88. The molecule has 1 rings (SSSR count). The Balaban J connectivity index is 2.05. The van der Waals surface area contributed by atoms with Crippen molar-refractivity contribution in [2.24, 2.45) is 0 Å². The van der Waals surface area contributed by atoms with Gasteiger partial charge in [0.2, 0.25) is 0 Å². The largest absolute Gasteiger partial charge is 0.338 e. The van der Waals surface area contributed by atoms with Gasteiger partial charge in [-0.1, -0.05) is 12.8 Å². The number of likely N-dealkylation sites (N-methyl/N-ethyl adjacent to an activating group) is 1. The summed E-state index contributed by atoms with van der Waals surface area (Å²) < 4.78 is 0. The van der Waals surface area contributed by atoms with Crippen LogP contribution < -0.4 is 10.6 Å². The summed E-state index contributed by atoms with van der Waals surface area (Å²) in [6.45, 7) is 4.29. The van der Waals surface area contributed by atoms with E-state index in [1.807, 2.05) is 6.92 Å². The smallest absolute Gasteiger partial charge is 0.314 e. The number of nitrogens with one attached hydrogen (secondary N) is 2. The van der Waals surface area contributed by atoms with E-state index in [0.29, 0.717) is 6.54 Å². The first-order chi connectivity index (χ1) is 7.24. The van der Waals surface area contributed by atoms with E-state index >= 15 is 0 Å². The lowest BCUT2D eigenvalue weighted by atomic mass is 10.2. The summed E-state index contributed by atoms with van der Waals surface area (Å²) in [7, 11) is 2.15. The molecule has 0 aromatic rings. The Kier molecular flexibility index (Phi) is 5.47. The molecule has 4 heteroatoms. The number of hydrogen-bond acceptors (Lipinski definition) is 2. The van der Waals surface area contributed by atoms with Gasteiger partial charge in [-0.25, -0.2) is 4.79 Å². The van der Waals surface area contributed by atoms with Gasteiger partial charge in [-0.2, -0.15) is 0 Å². The van der Waals surface area contributed by atoms with Gasteiger partial charge < -0.3 is 15.5 Å². The number of nitrogens with zero attached hydrogens (tertiary/aromatic N) is 1. The van der Waals surface area contributed by atoms with Crippen LogP contribution in [0.15, 0.2) is 0 Å². The molecule has 1 aliphatic rings. The van der Waals surface area contributed by atoms with Crippen molar-refractivity contribution in [1.82, 2.24) is 15.5 Å². The molecule has 2 N–H and O–H groups in total. The molecule has 1 aliphatic carbocycles. The molecule has 1 fully saturated rings. The van der Waals surface area contributed by atoms with E-state index in [-0.39, 0.29) is 6.03 Å². The van der Waals surface area contributed by atoms with Crippen molar-refractivity contribution in [2.75, 3.05) is 26.7 Å². The van der Waals surface area contributed by atoms with Crippen molar-refractivity contribution < 1.29 is 4.79 Å². The third kappa shape index (κ3) is 4.51. The molecular formula is C11H23N3O. The van der Waals surface area contributed by atoms with E-state index < -0.39 is 0 Å². The maximum absolute atomic E-state index is 11.1. The number of amides is 2. The second kappa shape index (κ2) is 6.67. The molecule has 0 unspecified atom stereocenters. The van der Waals surface area contributed by atoms with Gasteiger partial charge in [0.05, 0.1) is 0 Å². The molecule has 4 nitrogen and oxygen atoms in total. The third-order valence-corrected chi connectivity index (χ3v) is 3.04. The first kappa shape index (κ1) is 12.3. The number of carbonyl (C=O) groups is 1. The van der Waals surface area contributed by atoms with E-state index in [0.717, 1.165) is 19.1 Å². The zero-order chi connectivity index (χ0) is 11.1. The Morgan fingerprint density at radius 1 is 1.33 bits per heavy atom. The van der Waals surface area contributed by atoms with Gasteiger partial charge >= 0.3 is 6.03 Å². The number of hydrogen-bond donors (Lipinski definition) is 2. The van der Waals surface area contributed by atoms with Crippen LogP contribution >= 0.6 is 0 Å². The number of carbonyl (C=O) groups excluding carboxylic acids is 1. The molecule has 2 amide bonds. The van der Waals surface area contributed by atoms with Crippen LogP contribution in [0.4, 0.5) is 4.79 Å². The summed E-state index contributed by atoms with van der Waals surface area (Å²) in [5.41, 5.74) is 0. The SMILES string of the molecule is CCNC(=O)NCCN(C)C1CCCC1. The highest BCUT2D eigenvalue weighted by molar-refractivity contribution is 5.73. The molecule has 0 heterocycles. The lowest BCUT2D eigenvalue weighted by molar-refractivity contribution is 0.229. The molecular weight excluding hydrogens is 190 g/mol. The Morgan fingerprint density at radius 2 is 2.00 bits per heavy atom. The van der Waals surface area contributed by atoms with Crippen molar-refractivity contribution in [1.29, 1.82) is 0 Å². The standard InChI is InChI=1S/C11H23N3O/c1-3-12-11(15)13-8-9-14(2)10-6-4-5-7-10/h10H,3-9H2,1-2H3,(H2,12,13,15). The molecule has 0 spiro atoms. The summed E-state index contributed by atoms with van der Waals surface area (Å²) >= 11 is 0. The predicted molar refractivity (Wildman–Crippen MR) is 62.0 cm³/mol. The van der Waals surface area contributed by atoms with Crippen molar-refractivity contribution in [3.05, 3.63) is 0 Å². The number of rotatable bonds is 5. The summed E-state index contributed by atoms with van der Waals surface area (Å²) in [6.07, 6.45) is 5.35. The van der Waals surface area contributed by atoms with Crippen molar-refractivity contribution in [3.8, 4) is 0 Å². The molecule has 0 atom stereocenters. The van der Waals surface area contributed by atoms with Crippen LogP contribution in [0.2, 0.25) is 0 Å². The molecule has 0 saturated heterocycles. The third-order valence-electron chi connectivity index (χ3n) is 3.04. The maximum Gasteiger partial charge on any atom is 0.314 e. The van der Waals surface area contributed by atoms with Crippen molar-refractivity contribution in [2.45, 2.75) is 38.6 Å². The Morgan fingerprint density at radius 3 is 2.60 bits per heavy atom. The van der Waals surface area contributed by atoms with Crippen LogP contribution in [0.5, 0.6) is 0 Å². The van der Waals surface area contributed by atoms with Crippen LogP contribution in [0.3, 0.4) is 0 Å². The number of urea groups is 1. The fourth-order valence-electron chi connectivity index (χ4n) is 2.10. The second-order valence-electron chi connectivity index (χ2n) is 4.21. The minimum atomic E-state index is -0.0580. The topological polar surface area (TPSA) is 44.4 Å². The lowest BCUT2D eigenvalue weighted by Gasteiger charge is -2.23. The van der Waals surface area contributed by atoms with Crippen LogP contribution in [0, 0.1) is 0 Å². The highest BCUT2D eigenvalue weighted by Gasteiger charge is 2.18. The molecule has 0 radical (unpaired) electrons. The summed E-state index contributed by atoms with van der Waals surface area (Å²) in [6, 6.07) is 0.679. The summed E-state index contributed by atoms with van der Waals surface area (Å²) in [5, 5.41) is 5.57. The molecule has 0 aromatic carbocycles.